The summed E-state index contributed by atoms with van der Waals surface area (Å²) in [6.07, 6.45) is 3.68. The first-order chi connectivity index (χ1) is 12.7. The zero-order valence-corrected chi connectivity index (χ0v) is 16.7. The number of hydrogen-bond acceptors (Lipinski definition) is 5. The summed E-state index contributed by atoms with van der Waals surface area (Å²) >= 11 is 7.93. The smallest absolute Gasteiger partial charge is 0.225 e. The van der Waals surface area contributed by atoms with Crippen LogP contribution in [0.2, 0.25) is 5.28 Å². The van der Waals surface area contributed by atoms with E-state index >= 15 is 0 Å². The van der Waals surface area contributed by atoms with Crippen molar-refractivity contribution >= 4 is 39.0 Å². The molecule has 1 fully saturated rings. The normalized spacial score (nSPS) is 14.8. The summed E-state index contributed by atoms with van der Waals surface area (Å²) in [4.78, 5) is 13.7. The average Bonchev–Trinajstić information content (AvgIpc) is 2.98. The zero-order chi connectivity index (χ0) is 18.1. The lowest BCUT2D eigenvalue weighted by molar-refractivity contribution is 0.340. The third-order valence-corrected chi connectivity index (χ3v) is 5.96. The van der Waals surface area contributed by atoms with Crippen LogP contribution in [-0.4, -0.2) is 29.7 Å². The molecule has 0 bridgehead atoms. The molecule has 1 saturated heterocycles. The fourth-order valence-electron chi connectivity index (χ4n) is 3.63. The Bertz CT molecular complexity index is 917. The van der Waals surface area contributed by atoms with Crippen LogP contribution in [-0.2, 0) is 0 Å². The molecule has 136 valence electrons. The van der Waals surface area contributed by atoms with Gasteiger partial charge >= 0.3 is 0 Å². The van der Waals surface area contributed by atoms with Gasteiger partial charge < -0.3 is 9.64 Å². The van der Waals surface area contributed by atoms with E-state index in [0.29, 0.717) is 11.9 Å². The molecule has 0 radical (unpaired) electrons. The molecule has 0 unspecified atom stereocenters. The Kier molecular flexibility index (Phi) is 5.00. The van der Waals surface area contributed by atoms with Crippen LogP contribution in [0.25, 0.3) is 21.3 Å². The van der Waals surface area contributed by atoms with Crippen molar-refractivity contribution in [3.8, 4) is 16.9 Å². The van der Waals surface area contributed by atoms with Crippen molar-refractivity contribution in [3.63, 3.8) is 0 Å². The van der Waals surface area contributed by atoms with Crippen molar-refractivity contribution in [1.29, 1.82) is 0 Å². The minimum atomic E-state index is 0.331. The fourth-order valence-corrected chi connectivity index (χ4v) is 4.89. The van der Waals surface area contributed by atoms with Crippen molar-refractivity contribution in [2.75, 3.05) is 24.6 Å². The molecule has 0 amide bonds. The molecule has 1 aliphatic heterocycles. The number of piperidine rings is 1. The summed E-state index contributed by atoms with van der Waals surface area (Å²) < 4.78 is 5.58. The van der Waals surface area contributed by atoms with E-state index in [0.717, 1.165) is 34.9 Å². The summed E-state index contributed by atoms with van der Waals surface area (Å²) in [5, 5.41) is 1.46. The minimum Gasteiger partial charge on any atom is -0.494 e. The van der Waals surface area contributed by atoms with Crippen LogP contribution in [0.5, 0.6) is 5.75 Å². The molecule has 4 nitrogen and oxygen atoms in total. The number of rotatable bonds is 4. The maximum absolute atomic E-state index is 6.25. The minimum absolute atomic E-state index is 0.331. The van der Waals surface area contributed by atoms with E-state index in [-0.39, 0.29) is 0 Å². The summed E-state index contributed by atoms with van der Waals surface area (Å²) in [6, 6.07) is 8.29. The molecule has 1 aliphatic rings. The first-order valence-corrected chi connectivity index (χ1v) is 10.3. The molecule has 1 aromatic carbocycles. The Balaban J connectivity index is 1.87. The van der Waals surface area contributed by atoms with E-state index in [1.54, 1.807) is 11.3 Å². The molecule has 3 heterocycles. The maximum atomic E-state index is 6.25. The lowest BCUT2D eigenvalue weighted by Crippen LogP contribution is -2.30. The van der Waals surface area contributed by atoms with Crippen LogP contribution in [0.4, 0.5) is 5.82 Å². The lowest BCUT2D eigenvalue weighted by atomic mass is 10.0. The number of aromatic nitrogens is 2. The van der Waals surface area contributed by atoms with Crippen LogP contribution in [0, 0.1) is 6.92 Å². The monoisotopic (exact) mass is 387 g/mol. The Morgan fingerprint density at radius 2 is 1.85 bits per heavy atom. The van der Waals surface area contributed by atoms with Crippen LogP contribution in [0.1, 0.15) is 31.1 Å². The first kappa shape index (κ1) is 17.6. The quantitative estimate of drug-likeness (QED) is 0.537. The summed E-state index contributed by atoms with van der Waals surface area (Å²) in [5.74, 6) is 1.87. The highest BCUT2D eigenvalue weighted by atomic mass is 35.5. The third-order valence-electron chi connectivity index (χ3n) is 4.79. The van der Waals surface area contributed by atoms with E-state index in [4.69, 9.17) is 16.3 Å². The number of fused-ring (bicyclic) bond motifs is 1. The number of halogens is 1. The molecule has 3 aromatic rings. The van der Waals surface area contributed by atoms with Crippen molar-refractivity contribution in [3.05, 3.63) is 34.4 Å². The molecule has 6 heteroatoms. The summed E-state index contributed by atoms with van der Waals surface area (Å²) in [5.41, 5.74) is 2.38. The SMILES string of the molecule is CCOc1ccc(-c2c(C)sc3nc(Cl)nc(N4CCCCC4)c23)cc1. The largest absolute Gasteiger partial charge is 0.494 e. The van der Waals surface area contributed by atoms with Gasteiger partial charge in [0, 0.05) is 23.5 Å². The van der Waals surface area contributed by atoms with Gasteiger partial charge in [0.1, 0.15) is 16.4 Å². The highest BCUT2D eigenvalue weighted by Gasteiger charge is 2.22. The van der Waals surface area contributed by atoms with Crippen molar-refractivity contribution < 1.29 is 4.74 Å². The van der Waals surface area contributed by atoms with E-state index in [2.05, 4.69) is 33.9 Å². The molecule has 0 spiro atoms. The van der Waals surface area contributed by atoms with Crippen molar-refractivity contribution in [2.24, 2.45) is 0 Å². The summed E-state index contributed by atoms with van der Waals surface area (Å²) in [7, 11) is 0. The Morgan fingerprint density at radius 3 is 2.54 bits per heavy atom. The number of hydrogen-bond donors (Lipinski definition) is 0. The van der Waals surface area contributed by atoms with Crippen molar-refractivity contribution in [1.82, 2.24) is 9.97 Å². The second kappa shape index (κ2) is 7.41. The number of nitrogens with zero attached hydrogens (tertiary/aromatic N) is 3. The summed E-state index contributed by atoms with van der Waals surface area (Å²) in [6.45, 7) is 6.87. The van der Waals surface area contributed by atoms with Gasteiger partial charge in [-0.15, -0.1) is 11.3 Å². The molecule has 26 heavy (non-hydrogen) atoms. The molecule has 4 rings (SSSR count). The Hall–Kier alpha value is -1.85. The number of anilines is 1. The fraction of sp³-hybridized carbons (Fsp3) is 0.400. The van der Waals surface area contributed by atoms with Gasteiger partial charge in [0.15, 0.2) is 0 Å². The standard InChI is InChI=1S/C20H22ClN3OS/c1-3-25-15-9-7-14(8-10-15)16-13(2)26-19-17(16)18(22-20(21)23-19)24-11-5-4-6-12-24/h7-10H,3-6,11-12H2,1-2H3. The molecule has 2 aromatic heterocycles. The number of ether oxygens (including phenoxy) is 1. The van der Waals surface area contributed by atoms with Gasteiger partial charge in [-0.05, 0) is 62.4 Å². The van der Waals surface area contributed by atoms with Gasteiger partial charge in [-0.3, -0.25) is 0 Å². The molecule has 0 saturated carbocycles. The first-order valence-electron chi connectivity index (χ1n) is 9.12. The van der Waals surface area contributed by atoms with Crippen molar-refractivity contribution in [2.45, 2.75) is 33.1 Å². The van der Waals surface area contributed by atoms with Crippen LogP contribution in [0.3, 0.4) is 0 Å². The van der Waals surface area contributed by atoms with Gasteiger partial charge in [-0.2, -0.15) is 4.98 Å². The predicted octanol–water partition coefficient (Wildman–Crippen LogP) is 5.71. The van der Waals surface area contributed by atoms with Crippen LogP contribution in [0.15, 0.2) is 24.3 Å². The van der Waals surface area contributed by atoms with Gasteiger partial charge in [-0.1, -0.05) is 12.1 Å². The van der Waals surface area contributed by atoms with Gasteiger partial charge in [-0.25, -0.2) is 4.98 Å². The van der Waals surface area contributed by atoms with Gasteiger partial charge in [0.05, 0.1) is 12.0 Å². The predicted molar refractivity (Wildman–Crippen MR) is 110 cm³/mol. The van der Waals surface area contributed by atoms with Crippen LogP contribution >= 0.6 is 22.9 Å². The maximum Gasteiger partial charge on any atom is 0.225 e. The van der Waals surface area contributed by atoms with Gasteiger partial charge in [0.2, 0.25) is 5.28 Å². The van der Waals surface area contributed by atoms with Gasteiger partial charge in [0.25, 0.3) is 0 Å². The molecular formula is C20H22ClN3OS. The lowest BCUT2D eigenvalue weighted by Gasteiger charge is -2.28. The Labute approximate surface area is 162 Å². The average molecular weight is 388 g/mol. The van der Waals surface area contributed by atoms with E-state index in [1.807, 2.05) is 19.1 Å². The molecule has 0 aliphatic carbocycles. The third kappa shape index (κ3) is 3.26. The highest BCUT2D eigenvalue weighted by molar-refractivity contribution is 7.19. The van der Waals surface area contributed by atoms with E-state index in [9.17, 15) is 0 Å². The molecule has 0 atom stereocenters. The topological polar surface area (TPSA) is 38.3 Å². The van der Waals surface area contributed by atoms with Crippen LogP contribution < -0.4 is 9.64 Å². The number of aryl methyl sites for hydroxylation is 1. The highest BCUT2D eigenvalue weighted by Crippen LogP contribution is 2.43. The molecular weight excluding hydrogens is 366 g/mol. The van der Waals surface area contributed by atoms with E-state index in [1.165, 1.54) is 35.3 Å². The van der Waals surface area contributed by atoms with E-state index < -0.39 is 0 Å². The number of benzene rings is 1. The number of thiophene rings is 1. The zero-order valence-electron chi connectivity index (χ0n) is 15.1. The molecule has 0 N–H and O–H groups in total. The second-order valence-corrected chi connectivity index (χ2v) is 8.08. The second-order valence-electron chi connectivity index (χ2n) is 6.53. The Morgan fingerprint density at radius 1 is 1.12 bits per heavy atom.